The number of carbonyl (C=O) groups is 1. The number of anilines is 2. The van der Waals surface area contributed by atoms with E-state index in [1.807, 2.05) is 24.3 Å². The summed E-state index contributed by atoms with van der Waals surface area (Å²) in [5, 5.41) is 8.35. The predicted molar refractivity (Wildman–Crippen MR) is 99.1 cm³/mol. The Kier molecular flexibility index (Phi) is 4.21. The number of halogens is 1. The Labute approximate surface area is 153 Å². The average molecular weight is 362 g/mol. The van der Waals surface area contributed by atoms with Crippen molar-refractivity contribution in [2.45, 2.75) is 6.54 Å². The van der Waals surface area contributed by atoms with Gasteiger partial charge in [-0.25, -0.2) is 14.4 Å². The molecule has 27 heavy (non-hydrogen) atoms. The summed E-state index contributed by atoms with van der Waals surface area (Å²) < 4.78 is 15.2. The summed E-state index contributed by atoms with van der Waals surface area (Å²) in [5.74, 6) is -0.545. The lowest BCUT2D eigenvalue weighted by molar-refractivity contribution is 0.100. The monoisotopic (exact) mass is 362 g/mol. The molecular weight excluding hydrogens is 347 g/mol. The van der Waals surface area contributed by atoms with Crippen molar-refractivity contribution in [3.05, 3.63) is 78.1 Å². The van der Waals surface area contributed by atoms with Gasteiger partial charge < -0.3 is 11.1 Å². The molecular formula is C19H15FN6O. The van der Waals surface area contributed by atoms with Gasteiger partial charge in [0.1, 0.15) is 23.5 Å². The molecule has 2 aromatic heterocycles. The summed E-state index contributed by atoms with van der Waals surface area (Å²) in [6, 6.07) is 12.1. The van der Waals surface area contributed by atoms with E-state index in [4.69, 9.17) is 5.73 Å². The Balaban J connectivity index is 1.62. The number of amides is 1. The quantitative estimate of drug-likeness (QED) is 0.569. The second-order valence-corrected chi connectivity index (χ2v) is 5.98. The lowest BCUT2D eigenvalue weighted by Crippen LogP contribution is -2.14. The number of carbonyl (C=O) groups excluding carboxylic acids is 1. The molecule has 4 rings (SSSR count). The minimum absolute atomic E-state index is 0.208. The molecule has 3 N–H and O–H groups in total. The Bertz CT molecular complexity index is 1140. The standard InChI is InChI=1S/C19H15FN6O/c20-14-3-1-2-12(6-14)10-26-17-5-4-15(7-13(17)8-24-26)25-19-16(18(21)27)9-22-11-23-19/h1-9,11H,10H2,(H2,21,27)(H,22,23,25). The highest BCUT2D eigenvalue weighted by atomic mass is 19.1. The van der Waals surface area contributed by atoms with Gasteiger partial charge in [0.15, 0.2) is 0 Å². The minimum atomic E-state index is -0.609. The molecule has 0 fully saturated rings. The van der Waals surface area contributed by atoms with Gasteiger partial charge in [0, 0.05) is 17.3 Å². The fraction of sp³-hybridized carbons (Fsp3) is 0.0526. The van der Waals surface area contributed by atoms with Crippen LogP contribution in [0.1, 0.15) is 15.9 Å². The molecule has 2 heterocycles. The number of benzene rings is 2. The normalized spacial score (nSPS) is 10.9. The zero-order valence-corrected chi connectivity index (χ0v) is 14.1. The van der Waals surface area contributed by atoms with Crippen molar-refractivity contribution in [1.29, 1.82) is 0 Å². The maximum absolute atomic E-state index is 13.4. The van der Waals surface area contributed by atoms with Gasteiger partial charge in [-0.2, -0.15) is 5.10 Å². The molecule has 2 aromatic carbocycles. The van der Waals surface area contributed by atoms with E-state index in [1.165, 1.54) is 24.7 Å². The van der Waals surface area contributed by atoms with E-state index in [1.54, 1.807) is 16.9 Å². The molecule has 0 saturated heterocycles. The van der Waals surface area contributed by atoms with Crippen LogP contribution < -0.4 is 11.1 Å². The van der Waals surface area contributed by atoms with Gasteiger partial charge in [-0.1, -0.05) is 12.1 Å². The smallest absolute Gasteiger partial charge is 0.254 e. The van der Waals surface area contributed by atoms with Crippen molar-refractivity contribution < 1.29 is 9.18 Å². The van der Waals surface area contributed by atoms with Gasteiger partial charge in [-0.05, 0) is 35.9 Å². The van der Waals surface area contributed by atoms with Crippen molar-refractivity contribution in [2.75, 3.05) is 5.32 Å². The maximum Gasteiger partial charge on any atom is 0.254 e. The lowest BCUT2D eigenvalue weighted by Gasteiger charge is -2.09. The van der Waals surface area contributed by atoms with E-state index in [2.05, 4.69) is 20.4 Å². The molecule has 4 aromatic rings. The molecule has 0 aliphatic heterocycles. The minimum Gasteiger partial charge on any atom is -0.365 e. The Hall–Kier alpha value is -3.81. The predicted octanol–water partition coefficient (Wildman–Crippen LogP) is 2.86. The topological polar surface area (TPSA) is 98.7 Å². The van der Waals surface area contributed by atoms with Crippen LogP contribution in [0.4, 0.5) is 15.9 Å². The number of nitrogens with one attached hydrogen (secondary N) is 1. The number of hydrogen-bond acceptors (Lipinski definition) is 5. The van der Waals surface area contributed by atoms with Crippen LogP contribution in [0.3, 0.4) is 0 Å². The molecule has 0 unspecified atom stereocenters. The van der Waals surface area contributed by atoms with Gasteiger partial charge in [0.25, 0.3) is 5.91 Å². The van der Waals surface area contributed by atoms with Gasteiger partial charge in [-0.15, -0.1) is 0 Å². The number of primary amides is 1. The summed E-state index contributed by atoms with van der Waals surface area (Å²) in [5.41, 5.74) is 8.02. The third-order valence-corrected chi connectivity index (χ3v) is 4.10. The molecule has 0 atom stereocenters. The number of nitrogens with zero attached hydrogens (tertiary/aromatic N) is 4. The first-order valence-electron chi connectivity index (χ1n) is 8.17. The van der Waals surface area contributed by atoms with Gasteiger partial charge in [0.05, 0.1) is 18.3 Å². The van der Waals surface area contributed by atoms with E-state index in [0.717, 1.165) is 22.2 Å². The maximum atomic E-state index is 13.4. The van der Waals surface area contributed by atoms with Crippen LogP contribution in [0.2, 0.25) is 0 Å². The fourth-order valence-electron chi connectivity index (χ4n) is 2.85. The highest BCUT2D eigenvalue weighted by Gasteiger charge is 2.11. The molecule has 134 valence electrons. The van der Waals surface area contributed by atoms with E-state index >= 15 is 0 Å². The van der Waals surface area contributed by atoms with Gasteiger partial charge in [0.2, 0.25) is 0 Å². The van der Waals surface area contributed by atoms with Crippen molar-refractivity contribution >= 4 is 28.3 Å². The molecule has 0 aliphatic rings. The van der Waals surface area contributed by atoms with Crippen LogP contribution in [0.25, 0.3) is 10.9 Å². The first-order chi connectivity index (χ1) is 13.1. The average Bonchev–Trinajstić information content (AvgIpc) is 3.04. The Morgan fingerprint density at radius 1 is 1.19 bits per heavy atom. The first-order valence-corrected chi connectivity index (χ1v) is 8.17. The Morgan fingerprint density at radius 2 is 2.07 bits per heavy atom. The SMILES string of the molecule is NC(=O)c1cncnc1Nc1ccc2c(cnn2Cc2cccc(F)c2)c1. The molecule has 1 amide bonds. The van der Waals surface area contributed by atoms with Gasteiger partial charge >= 0.3 is 0 Å². The number of nitrogens with two attached hydrogens (primary N) is 1. The summed E-state index contributed by atoms with van der Waals surface area (Å²) >= 11 is 0. The van der Waals surface area contributed by atoms with E-state index < -0.39 is 5.91 Å². The second-order valence-electron chi connectivity index (χ2n) is 5.98. The molecule has 0 bridgehead atoms. The van der Waals surface area contributed by atoms with Crippen LogP contribution in [-0.2, 0) is 6.54 Å². The molecule has 0 spiro atoms. The molecule has 7 nitrogen and oxygen atoms in total. The summed E-state index contributed by atoms with van der Waals surface area (Å²) in [6.07, 6.45) is 4.44. The van der Waals surface area contributed by atoms with E-state index in [0.29, 0.717) is 12.4 Å². The number of hydrogen-bond donors (Lipinski definition) is 2. The zero-order chi connectivity index (χ0) is 18.8. The van der Waals surface area contributed by atoms with E-state index in [9.17, 15) is 9.18 Å². The molecule has 0 aliphatic carbocycles. The van der Waals surface area contributed by atoms with Crippen molar-refractivity contribution in [2.24, 2.45) is 5.73 Å². The third-order valence-electron chi connectivity index (χ3n) is 4.10. The van der Waals surface area contributed by atoms with Crippen LogP contribution in [0.15, 0.2) is 61.2 Å². The second kappa shape index (κ2) is 6.83. The number of fused-ring (bicyclic) bond motifs is 1. The van der Waals surface area contributed by atoms with Crippen LogP contribution in [0.5, 0.6) is 0 Å². The Morgan fingerprint density at radius 3 is 2.89 bits per heavy atom. The largest absolute Gasteiger partial charge is 0.365 e. The van der Waals surface area contributed by atoms with Gasteiger partial charge in [-0.3, -0.25) is 9.48 Å². The highest BCUT2D eigenvalue weighted by Crippen LogP contribution is 2.23. The van der Waals surface area contributed by atoms with E-state index in [-0.39, 0.29) is 11.4 Å². The van der Waals surface area contributed by atoms with Crippen LogP contribution in [0, 0.1) is 5.82 Å². The van der Waals surface area contributed by atoms with Crippen molar-refractivity contribution in [3.8, 4) is 0 Å². The first kappa shape index (κ1) is 16.6. The lowest BCUT2D eigenvalue weighted by atomic mass is 10.2. The van der Waals surface area contributed by atoms with Crippen LogP contribution in [-0.4, -0.2) is 25.7 Å². The summed E-state index contributed by atoms with van der Waals surface area (Å²) in [6.45, 7) is 0.464. The molecule has 8 heteroatoms. The molecule has 0 saturated carbocycles. The summed E-state index contributed by atoms with van der Waals surface area (Å²) in [7, 11) is 0. The summed E-state index contributed by atoms with van der Waals surface area (Å²) in [4.78, 5) is 19.4. The molecule has 0 radical (unpaired) electrons. The third kappa shape index (κ3) is 3.45. The van der Waals surface area contributed by atoms with Crippen molar-refractivity contribution in [1.82, 2.24) is 19.7 Å². The van der Waals surface area contributed by atoms with Crippen LogP contribution >= 0.6 is 0 Å². The highest BCUT2D eigenvalue weighted by molar-refractivity contribution is 5.98. The van der Waals surface area contributed by atoms with Crippen molar-refractivity contribution in [3.63, 3.8) is 0 Å². The number of aromatic nitrogens is 4. The number of rotatable bonds is 5. The fourth-order valence-corrected chi connectivity index (χ4v) is 2.85. The zero-order valence-electron chi connectivity index (χ0n) is 14.1.